The summed E-state index contributed by atoms with van der Waals surface area (Å²) in [5.41, 5.74) is 3.94. The molecule has 0 spiro atoms. The molecule has 50 valence electrons. The normalized spacial score (nSPS) is 17.1. The number of hydrazone groups is 2. The van der Waals surface area contributed by atoms with Gasteiger partial charge in [0.15, 0.2) is 0 Å². The van der Waals surface area contributed by atoms with Crippen LogP contribution in [0.2, 0.25) is 0 Å². The van der Waals surface area contributed by atoms with Gasteiger partial charge in [0, 0.05) is 6.42 Å². The van der Waals surface area contributed by atoms with Gasteiger partial charge < -0.3 is 0 Å². The van der Waals surface area contributed by atoms with E-state index in [0.29, 0.717) is 0 Å². The van der Waals surface area contributed by atoms with E-state index in [2.05, 4.69) is 22.7 Å². The van der Waals surface area contributed by atoms with Gasteiger partial charge in [-0.1, -0.05) is 12.5 Å². The molecule has 1 aliphatic heterocycles. The van der Waals surface area contributed by atoms with E-state index in [1.54, 1.807) is 11.3 Å². The van der Waals surface area contributed by atoms with Crippen LogP contribution in [0, 0.1) is 0 Å². The molecule has 0 atom stereocenters. The van der Waals surface area contributed by atoms with Gasteiger partial charge in [-0.15, -0.1) is 5.10 Å². The van der Waals surface area contributed by atoms with Gasteiger partial charge in [-0.3, -0.25) is 0 Å². The lowest BCUT2D eigenvalue weighted by Crippen LogP contribution is -2.87. The van der Waals surface area contributed by atoms with E-state index in [9.17, 15) is 0 Å². The summed E-state index contributed by atoms with van der Waals surface area (Å²) in [6.45, 7) is 2.07. The topological polar surface area (TPSA) is 41.6 Å². The number of hydrazine groups is 2. The van der Waals surface area contributed by atoms with Crippen LogP contribution in [-0.4, -0.2) is 24.1 Å². The maximum absolute atomic E-state index is 3.98. The lowest BCUT2D eigenvalue weighted by molar-refractivity contribution is -0.564. The molecule has 0 bridgehead atoms. The molecule has 0 aliphatic carbocycles. The average molecular weight is 127 g/mol. The SMILES string of the molecule is CCC1=[NH+]NN(C)N=C1. The largest absolute Gasteiger partial charge is 0.224 e. The molecule has 1 heterocycles. The van der Waals surface area contributed by atoms with Crippen molar-refractivity contribution in [2.45, 2.75) is 13.3 Å². The van der Waals surface area contributed by atoms with Gasteiger partial charge >= 0.3 is 0 Å². The molecule has 9 heavy (non-hydrogen) atoms. The van der Waals surface area contributed by atoms with Gasteiger partial charge in [-0.2, -0.15) is 10.2 Å². The van der Waals surface area contributed by atoms with Crippen molar-refractivity contribution < 1.29 is 5.10 Å². The summed E-state index contributed by atoms with van der Waals surface area (Å²) in [5.74, 6) is 0. The Kier molecular flexibility index (Phi) is 1.67. The van der Waals surface area contributed by atoms with Gasteiger partial charge in [0.1, 0.15) is 6.21 Å². The third-order valence-corrected chi connectivity index (χ3v) is 1.15. The summed E-state index contributed by atoms with van der Waals surface area (Å²) in [4.78, 5) is 0. The van der Waals surface area contributed by atoms with Crippen molar-refractivity contribution in [3.8, 4) is 0 Å². The fourth-order valence-corrected chi connectivity index (χ4v) is 0.550. The molecule has 0 aromatic rings. The summed E-state index contributed by atoms with van der Waals surface area (Å²) in [6.07, 6.45) is 2.78. The third-order valence-electron chi connectivity index (χ3n) is 1.15. The van der Waals surface area contributed by atoms with Crippen molar-refractivity contribution in [3.05, 3.63) is 0 Å². The van der Waals surface area contributed by atoms with Crippen molar-refractivity contribution in [1.82, 2.24) is 10.7 Å². The van der Waals surface area contributed by atoms with Crippen LogP contribution < -0.4 is 10.6 Å². The lowest BCUT2D eigenvalue weighted by Gasteiger charge is -2.09. The molecule has 2 N–H and O–H groups in total. The van der Waals surface area contributed by atoms with Crippen LogP contribution in [0.3, 0.4) is 0 Å². The van der Waals surface area contributed by atoms with E-state index < -0.39 is 0 Å². The summed E-state index contributed by atoms with van der Waals surface area (Å²) in [5, 5.41) is 8.55. The minimum absolute atomic E-state index is 0.977. The zero-order valence-electron chi connectivity index (χ0n) is 5.68. The van der Waals surface area contributed by atoms with Crippen LogP contribution in [0.15, 0.2) is 5.10 Å². The fraction of sp³-hybridized carbons (Fsp3) is 0.600. The van der Waals surface area contributed by atoms with Crippen LogP contribution in [0.5, 0.6) is 0 Å². The minimum Gasteiger partial charge on any atom is -0.163 e. The average Bonchev–Trinajstić information content (AvgIpc) is 1.90. The molecular weight excluding hydrogens is 116 g/mol. The van der Waals surface area contributed by atoms with E-state index in [-0.39, 0.29) is 0 Å². The first kappa shape index (κ1) is 6.07. The molecule has 0 radical (unpaired) electrons. The Balaban J connectivity index is 2.52. The van der Waals surface area contributed by atoms with Gasteiger partial charge in [-0.05, 0) is 0 Å². The summed E-state index contributed by atoms with van der Waals surface area (Å²) >= 11 is 0. The number of hydrogen-bond donors (Lipinski definition) is 2. The van der Waals surface area contributed by atoms with Crippen molar-refractivity contribution in [2.75, 3.05) is 7.05 Å². The van der Waals surface area contributed by atoms with Crippen LogP contribution >= 0.6 is 0 Å². The number of nitrogens with zero attached hydrogens (tertiary/aromatic N) is 2. The first-order valence-electron chi connectivity index (χ1n) is 2.98. The second-order valence-corrected chi connectivity index (χ2v) is 1.88. The van der Waals surface area contributed by atoms with Gasteiger partial charge in [0.05, 0.1) is 7.05 Å². The maximum Gasteiger partial charge on any atom is 0.224 e. The third kappa shape index (κ3) is 1.42. The molecule has 4 nitrogen and oxygen atoms in total. The smallest absolute Gasteiger partial charge is 0.163 e. The highest BCUT2D eigenvalue weighted by atomic mass is 15.8. The van der Waals surface area contributed by atoms with Gasteiger partial charge in [0.2, 0.25) is 5.71 Å². The number of nitrogens with one attached hydrogen (secondary N) is 2. The minimum atomic E-state index is 0.977. The monoisotopic (exact) mass is 127 g/mol. The maximum atomic E-state index is 3.98. The zero-order chi connectivity index (χ0) is 6.69. The lowest BCUT2D eigenvalue weighted by atomic mass is 10.3. The summed E-state index contributed by atoms with van der Waals surface area (Å²) in [7, 11) is 1.83. The zero-order valence-corrected chi connectivity index (χ0v) is 5.68. The molecule has 0 aromatic heterocycles. The van der Waals surface area contributed by atoms with E-state index in [1.807, 2.05) is 7.05 Å². The van der Waals surface area contributed by atoms with Crippen LogP contribution in [-0.2, 0) is 0 Å². The standard InChI is InChI=1S/C5H10N4/c1-3-5-4-6-9(2)8-7-5/h4,8H,3H2,1-2H3/p+1. The van der Waals surface area contributed by atoms with Gasteiger partial charge in [-0.25, -0.2) is 0 Å². The molecule has 0 amide bonds. The molecule has 0 saturated heterocycles. The number of hydrogen-bond acceptors (Lipinski definition) is 3. The molecule has 0 aromatic carbocycles. The second-order valence-electron chi connectivity index (χ2n) is 1.88. The number of rotatable bonds is 1. The summed E-state index contributed by atoms with van der Waals surface area (Å²) in [6, 6.07) is 0. The van der Waals surface area contributed by atoms with E-state index in [0.717, 1.165) is 12.1 Å². The van der Waals surface area contributed by atoms with Crippen LogP contribution in [0.25, 0.3) is 0 Å². The predicted molar refractivity (Wildman–Crippen MR) is 35.7 cm³/mol. The molecular formula is C5H11N4+. The Labute approximate surface area is 54.2 Å². The quantitative estimate of drug-likeness (QED) is 0.439. The highest BCUT2D eigenvalue weighted by Crippen LogP contribution is 1.77. The predicted octanol–water partition coefficient (Wildman–Crippen LogP) is -1.73. The molecule has 0 unspecified atom stereocenters. The second kappa shape index (κ2) is 2.48. The Hall–Kier alpha value is -1.06. The highest BCUT2D eigenvalue weighted by Gasteiger charge is 2.04. The van der Waals surface area contributed by atoms with Crippen molar-refractivity contribution in [1.29, 1.82) is 0 Å². The first-order chi connectivity index (χ1) is 4.33. The first-order valence-corrected chi connectivity index (χ1v) is 2.98. The van der Waals surface area contributed by atoms with E-state index in [4.69, 9.17) is 0 Å². The summed E-state index contributed by atoms with van der Waals surface area (Å²) < 4.78 is 0. The van der Waals surface area contributed by atoms with E-state index in [1.165, 1.54) is 0 Å². The van der Waals surface area contributed by atoms with Crippen LogP contribution in [0.1, 0.15) is 13.3 Å². The highest BCUT2D eigenvalue weighted by molar-refractivity contribution is 6.27. The molecule has 1 aliphatic rings. The Bertz CT molecular complexity index is 149. The van der Waals surface area contributed by atoms with Gasteiger partial charge in [0.25, 0.3) is 0 Å². The Morgan fingerprint density at radius 1 is 1.89 bits per heavy atom. The van der Waals surface area contributed by atoms with E-state index >= 15 is 0 Å². The molecule has 1 rings (SSSR count). The Morgan fingerprint density at radius 2 is 2.67 bits per heavy atom. The fourth-order valence-electron chi connectivity index (χ4n) is 0.550. The molecule has 0 fully saturated rings. The molecule has 0 saturated carbocycles. The Morgan fingerprint density at radius 3 is 3.11 bits per heavy atom. The van der Waals surface area contributed by atoms with Crippen LogP contribution in [0.4, 0.5) is 0 Å². The van der Waals surface area contributed by atoms with Crippen molar-refractivity contribution in [2.24, 2.45) is 5.10 Å². The van der Waals surface area contributed by atoms with Crippen molar-refractivity contribution >= 4 is 11.9 Å². The molecule has 4 heteroatoms. The van der Waals surface area contributed by atoms with Crippen molar-refractivity contribution in [3.63, 3.8) is 0 Å².